The molecule has 0 bridgehead atoms. The van der Waals surface area contributed by atoms with Gasteiger partial charge in [0.1, 0.15) is 0 Å². The zero-order valence-corrected chi connectivity index (χ0v) is 11.4. The van der Waals surface area contributed by atoms with Gasteiger partial charge in [-0.3, -0.25) is 4.79 Å². The number of carbonyl (C=O) groups excluding carboxylic acids is 1. The van der Waals surface area contributed by atoms with Crippen molar-refractivity contribution in [2.45, 2.75) is 12.5 Å². The molecule has 1 amide bonds. The van der Waals surface area contributed by atoms with Crippen molar-refractivity contribution >= 4 is 18.4 Å². The van der Waals surface area contributed by atoms with E-state index in [1.165, 1.54) is 11.3 Å². The first kappa shape index (κ1) is 12.1. The Morgan fingerprint density at radius 3 is 3.11 bits per heavy atom. The van der Waals surface area contributed by atoms with E-state index in [2.05, 4.69) is 28.8 Å². The third-order valence-corrected chi connectivity index (χ3v) is 5.29. The van der Waals surface area contributed by atoms with E-state index in [0.29, 0.717) is 17.9 Å². The first-order valence-corrected chi connectivity index (χ1v) is 7.30. The molecule has 3 atom stereocenters. The third kappa shape index (κ3) is 2.06. The van der Waals surface area contributed by atoms with Gasteiger partial charge in [0.25, 0.3) is 0 Å². The molecule has 18 heavy (non-hydrogen) atoms. The molecule has 1 N–H and O–H groups in total. The lowest BCUT2D eigenvalue weighted by molar-refractivity contribution is -0.121. The molecular formula is C13H19N3OS. The molecule has 0 saturated carbocycles. The van der Waals surface area contributed by atoms with Crippen molar-refractivity contribution in [1.29, 1.82) is 0 Å². The molecule has 98 valence electrons. The molecule has 2 saturated heterocycles. The summed E-state index contributed by atoms with van der Waals surface area (Å²) in [5.74, 6) is 1.18. The van der Waals surface area contributed by atoms with Crippen LogP contribution in [0.25, 0.3) is 0 Å². The first-order chi connectivity index (χ1) is 8.79. The normalized spacial score (nSPS) is 35.9. The van der Waals surface area contributed by atoms with Crippen LogP contribution in [-0.4, -0.2) is 48.9 Å². The number of likely N-dealkylation sites (N-methyl/N-ethyl adjacent to an activating group) is 1. The third-order valence-electron chi connectivity index (χ3n) is 4.36. The van der Waals surface area contributed by atoms with Crippen molar-refractivity contribution in [1.82, 2.24) is 14.5 Å². The fourth-order valence-electron chi connectivity index (χ4n) is 3.39. The van der Waals surface area contributed by atoms with Crippen molar-refractivity contribution in [3.63, 3.8) is 0 Å². The van der Waals surface area contributed by atoms with Crippen LogP contribution >= 0.6 is 11.9 Å². The molecule has 2 fully saturated rings. The molecule has 3 rings (SSSR count). The van der Waals surface area contributed by atoms with Crippen molar-refractivity contribution in [3.8, 4) is 0 Å². The summed E-state index contributed by atoms with van der Waals surface area (Å²) in [5.41, 5.74) is 0. The molecule has 3 aliphatic rings. The lowest BCUT2D eigenvalue weighted by Gasteiger charge is -2.42. The molecule has 0 spiro atoms. The van der Waals surface area contributed by atoms with Gasteiger partial charge in [-0.15, -0.1) is 0 Å². The van der Waals surface area contributed by atoms with Crippen LogP contribution in [0, 0.1) is 11.8 Å². The maximum absolute atomic E-state index is 11.1. The second-order valence-corrected chi connectivity index (χ2v) is 6.23. The topological polar surface area (TPSA) is 35.6 Å². The summed E-state index contributed by atoms with van der Waals surface area (Å²) >= 11 is 1.70. The van der Waals surface area contributed by atoms with Gasteiger partial charge in [0.15, 0.2) is 0 Å². The van der Waals surface area contributed by atoms with Crippen LogP contribution in [0.3, 0.4) is 0 Å². The van der Waals surface area contributed by atoms with E-state index >= 15 is 0 Å². The van der Waals surface area contributed by atoms with Crippen LogP contribution in [0.2, 0.25) is 0 Å². The predicted molar refractivity (Wildman–Crippen MR) is 73.6 cm³/mol. The Morgan fingerprint density at radius 1 is 1.50 bits per heavy atom. The second-order valence-electron chi connectivity index (χ2n) is 5.31. The van der Waals surface area contributed by atoms with Gasteiger partial charge in [-0.05, 0) is 50.0 Å². The van der Waals surface area contributed by atoms with E-state index in [-0.39, 0.29) is 0 Å². The summed E-state index contributed by atoms with van der Waals surface area (Å²) in [5, 5.41) is 0. The lowest BCUT2D eigenvalue weighted by Crippen LogP contribution is -2.51. The Hall–Kier alpha value is -0.940. The SMILES string of the molecule is CN1CC[C@H]2C(C3=CC=CNS3)CN(C=O)C[C@H]21. The Balaban J connectivity index is 1.84. The number of nitrogens with zero attached hydrogens (tertiary/aromatic N) is 2. The van der Waals surface area contributed by atoms with Gasteiger partial charge < -0.3 is 14.5 Å². The standard InChI is InChI=1S/C13H19N3OS/c1-15-6-4-10-11(13-3-2-5-14-18-13)7-16(9-17)8-12(10)15/h2-3,5,9-12,14H,4,6-8H2,1H3/t10-,11?,12+/m0/s1. The summed E-state index contributed by atoms with van der Waals surface area (Å²) in [7, 11) is 2.18. The Bertz CT molecular complexity index is 396. The number of likely N-dealkylation sites (tertiary alicyclic amines) is 2. The minimum atomic E-state index is 0.487. The Morgan fingerprint density at radius 2 is 2.39 bits per heavy atom. The number of carbonyl (C=O) groups is 1. The number of allylic oxidation sites excluding steroid dienone is 2. The van der Waals surface area contributed by atoms with Crippen molar-refractivity contribution in [2.24, 2.45) is 11.8 Å². The number of rotatable bonds is 2. The summed E-state index contributed by atoms with van der Waals surface area (Å²) < 4.78 is 3.20. The molecule has 4 nitrogen and oxygen atoms in total. The van der Waals surface area contributed by atoms with Gasteiger partial charge in [0.05, 0.1) is 0 Å². The van der Waals surface area contributed by atoms with E-state index in [4.69, 9.17) is 0 Å². The number of fused-ring (bicyclic) bond motifs is 1. The van der Waals surface area contributed by atoms with Crippen LogP contribution in [0.4, 0.5) is 0 Å². The zero-order valence-electron chi connectivity index (χ0n) is 10.6. The fourth-order valence-corrected chi connectivity index (χ4v) is 4.22. The summed E-state index contributed by atoms with van der Waals surface area (Å²) in [6, 6.07) is 0.529. The molecule has 0 radical (unpaired) electrons. The first-order valence-electron chi connectivity index (χ1n) is 6.48. The van der Waals surface area contributed by atoms with Crippen LogP contribution in [0.5, 0.6) is 0 Å². The maximum atomic E-state index is 11.1. The number of hydrogen-bond acceptors (Lipinski definition) is 4. The van der Waals surface area contributed by atoms with Crippen molar-refractivity contribution in [2.75, 3.05) is 26.7 Å². The molecule has 3 heterocycles. The maximum Gasteiger partial charge on any atom is 0.209 e. The lowest BCUT2D eigenvalue weighted by atomic mass is 9.81. The molecule has 0 aromatic heterocycles. The van der Waals surface area contributed by atoms with Crippen LogP contribution in [-0.2, 0) is 4.79 Å². The quantitative estimate of drug-likeness (QED) is 0.598. The summed E-state index contributed by atoms with van der Waals surface area (Å²) in [6.07, 6.45) is 8.45. The second kappa shape index (κ2) is 4.97. The van der Waals surface area contributed by atoms with E-state index in [1.807, 2.05) is 11.1 Å². The Labute approximate surface area is 112 Å². The molecule has 0 aliphatic carbocycles. The van der Waals surface area contributed by atoms with E-state index in [9.17, 15) is 4.79 Å². The van der Waals surface area contributed by atoms with Crippen molar-refractivity contribution < 1.29 is 4.79 Å². The van der Waals surface area contributed by atoms with Gasteiger partial charge in [0, 0.05) is 36.2 Å². The molecular weight excluding hydrogens is 246 g/mol. The molecule has 1 unspecified atom stereocenters. The van der Waals surface area contributed by atoms with Gasteiger partial charge in [-0.1, -0.05) is 0 Å². The Kier molecular flexibility index (Phi) is 3.35. The smallest absolute Gasteiger partial charge is 0.209 e. The highest BCUT2D eigenvalue weighted by Gasteiger charge is 2.43. The number of hydrogen-bond donors (Lipinski definition) is 1. The minimum Gasteiger partial charge on any atom is -0.343 e. The minimum absolute atomic E-state index is 0.487. The number of piperidine rings is 1. The number of nitrogens with one attached hydrogen (secondary N) is 1. The highest BCUT2D eigenvalue weighted by atomic mass is 32.2. The van der Waals surface area contributed by atoms with Crippen LogP contribution in [0.15, 0.2) is 23.3 Å². The van der Waals surface area contributed by atoms with Gasteiger partial charge in [-0.25, -0.2) is 0 Å². The van der Waals surface area contributed by atoms with E-state index in [0.717, 1.165) is 26.0 Å². The monoisotopic (exact) mass is 265 g/mol. The van der Waals surface area contributed by atoms with Gasteiger partial charge in [0.2, 0.25) is 6.41 Å². The van der Waals surface area contributed by atoms with E-state index in [1.54, 1.807) is 11.9 Å². The van der Waals surface area contributed by atoms with Crippen LogP contribution < -0.4 is 4.72 Å². The highest BCUT2D eigenvalue weighted by Crippen LogP contribution is 2.41. The fraction of sp³-hybridized carbons (Fsp3) is 0.615. The average molecular weight is 265 g/mol. The zero-order chi connectivity index (χ0) is 12.5. The summed E-state index contributed by atoms with van der Waals surface area (Å²) in [6.45, 7) is 2.91. The predicted octanol–water partition coefficient (Wildman–Crippen LogP) is 1.04. The molecule has 5 heteroatoms. The van der Waals surface area contributed by atoms with Gasteiger partial charge in [-0.2, -0.15) is 0 Å². The molecule has 3 aliphatic heterocycles. The molecule has 0 aromatic rings. The number of amides is 1. The van der Waals surface area contributed by atoms with E-state index < -0.39 is 0 Å². The molecule has 0 aromatic carbocycles. The van der Waals surface area contributed by atoms with Crippen LogP contribution in [0.1, 0.15) is 6.42 Å². The largest absolute Gasteiger partial charge is 0.343 e. The van der Waals surface area contributed by atoms with Crippen molar-refractivity contribution in [3.05, 3.63) is 23.3 Å². The summed E-state index contributed by atoms with van der Waals surface area (Å²) in [4.78, 5) is 16.9. The van der Waals surface area contributed by atoms with Gasteiger partial charge >= 0.3 is 0 Å². The average Bonchev–Trinajstić information content (AvgIpc) is 2.80. The highest BCUT2D eigenvalue weighted by molar-refractivity contribution is 8.01.